The Hall–Kier alpha value is -2.16. The molecule has 2 N–H and O–H groups in total. The fourth-order valence-corrected chi connectivity index (χ4v) is 2.61. The topological polar surface area (TPSA) is 38.5 Å². The van der Waals surface area contributed by atoms with E-state index in [1.165, 1.54) is 5.69 Å². The summed E-state index contributed by atoms with van der Waals surface area (Å²) in [7, 11) is 0. The molecule has 2 aromatic rings. The molecule has 0 atom stereocenters. The smallest absolute Gasteiger partial charge is 0.119 e. The Morgan fingerprint density at radius 2 is 1.55 bits per heavy atom. The summed E-state index contributed by atoms with van der Waals surface area (Å²) in [6, 6.07) is 18.2. The van der Waals surface area contributed by atoms with Gasteiger partial charge in [-0.2, -0.15) is 0 Å². The van der Waals surface area contributed by atoms with Crippen molar-refractivity contribution in [2.45, 2.75) is 18.9 Å². The number of nitrogen functional groups attached to an aromatic ring is 1. The molecule has 20 heavy (non-hydrogen) atoms. The highest BCUT2D eigenvalue weighted by molar-refractivity contribution is 5.46. The van der Waals surface area contributed by atoms with Crippen molar-refractivity contribution in [2.24, 2.45) is 0 Å². The van der Waals surface area contributed by atoms with Crippen LogP contribution in [-0.2, 0) is 0 Å². The molecule has 0 radical (unpaired) electrons. The van der Waals surface area contributed by atoms with E-state index in [4.69, 9.17) is 10.5 Å². The molecular formula is C17H20N2O. The van der Waals surface area contributed by atoms with Crippen molar-refractivity contribution in [3.8, 4) is 5.75 Å². The first kappa shape index (κ1) is 12.9. The number of hydrogen-bond donors (Lipinski definition) is 1. The second-order valence-corrected chi connectivity index (χ2v) is 5.21. The zero-order chi connectivity index (χ0) is 13.8. The molecule has 3 nitrogen and oxygen atoms in total. The van der Waals surface area contributed by atoms with Crippen molar-refractivity contribution in [3.63, 3.8) is 0 Å². The second-order valence-electron chi connectivity index (χ2n) is 5.21. The normalized spacial score (nSPS) is 16.1. The number of para-hydroxylation sites is 1. The van der Waals surface area contributed by atoms with E-state index in [0.29, 0.717) is 6.10 Å². The maximum Gasteiger partial charge on any atom is 0.119 e. The fourth-order valence-electron chi connectivity index (χ4n) is 2.61. The first-order chi connectivity index (χ1) is 9.81. The third-order valence-electron chi connectivity index (χ3n) is 3.75. The molecular weight excluding hydrogens is 248 g/mol. The van der Waals surface area contributed by atoms with E-state index < -0.39 is 0 Å². The van der Waals surface area contributed by atoms with Crippen LogP contribution in [0.1, 0.15) is 12.8 Å². The van der Waals surface area contributed by atoms with Gasteiger partial charge in [-0.05, 0) is 36.4 Å². The van der Waals surface area contributed by atoms with Crippen molar-refractivity contribution in [1.29, 1.82) is 0 Å². The number of nitrogens with zero attached hydrogens (tertiary/aromatic N) is 1. The van der Waals surface area contributed by atoms with Crippen molar-refractivity contribution in [3.05, 3.63) is 54.6 Å². The molecule has 0 unspecified atom stereocenters. The molecule has 3 rings (SSSR count). The van der Waals surface area contributed by atoms with Crippen LogP contribution >= 0.6 is 0 Å². The largest absolute Gasteiger partial charge is 0.490 e. The van der Waals surface area contributed by atoms with Crippen LogP contribution in [-0.4, -0.2) is 19.2 Å². The average molecular weight is 268 g/mol. The molecule has 104 valence electrons. The zero-order valence-electron chi connectivity index (χ0n) is 11.5. The van der Waals surface area contributed by atoms with Gasteiger partial charge in [-0.25, -0.2) is 0 Å². The summed E-state index contributed by atoms with van der Waals surface area (Å²) in [6.07, 6.45) is 2.41. The minimum atomic E-state index is 0.304. The van der Waals surface area contributed by atoms with Crippen molar-refractivity contribution in [2.75, 3.05) is 23.7 Å². The summed E-state index contributed by atoms with van der Waals surface area (Å²) in [4.78, 5) is 2.42. The van der Waals surface area contributed by atoms with Crippen molar-refractivity contribution in [1.82, 2.24) is 0 Å². The molecule has 1 aliphatic heterocycles. The molecule has 2 aromatic carbocycles. The molecule has 1 aliphatic rings. The Balaban J connectivity index is 1.55. The van der Waals surface area contributed by atoms with E-state index in [0.717, 1.165) is 37.4 Å². The lowest BCUT2D eigenvalue weighted by Crippen LogP contribution is -2.38. The number of anilines is 2. The predicted molar refractivity (Wildman–Crippen MR) is 83.2 cm³/mol. The predicted octanol–water partition coefficient (Wildman–Crippen LogP) is 3.32. The van der Waals surface area contributed by atoms with E-state index in [1.54, 1.807) is 0 Å². The van der Waals surface area contributed by atoms with Gasteiger partial charge in [-0.3, -0.25) is 0 Å². The zero-order valence-corrected chi connectivity index (χ0v) is 11.5. The van der Waals surface area contributed by atoms with Crippen LogP contribution < -0.4 is 15.4 Å². The Morgan fingerprint density at radius 3 is 2.20 bits per heavy atom. The summed E-state index contributed by atoms with van der Waals surface area (Å²) in [5.74, 6) is 0.914. The number of rotatable bonds is 3. The van der Waals surface area contributed by atoms with Gasteiger partial charge >= 0.3 is 0 Å². The number of benzene rings is 2. The lowest BCUT2D eigenvalue weighted by atomic mass is 10.1. The van der Waals surface area contributed by atoms with Crippen LogP contribution in [0.3, 0.4) is 0 Å². The lowest BCUT2D eigenvalue weighted by molar-refractivity contribution is 0.171. The summed E-state index contributed by atoms with van der Waals surface area (Å²) >= 11 is 0. The molecule has 0 aliphatic carbocycles. The maximum absolute atomic E-state index is 6.01. The van der Waals surface area contributed by atoms with E-state index in [9.17, 15) is 0 Å². The Morgan fingerprint density at radius 1 is 0.900 bits per heavy atom. The molecule has 3 heteroatoms. The molecule has 0 saturated carbocycles. The highest BCUT2D eigenvalue weighted by atomic mass is 16.5. The number of hydrogen-bond acceptors (Lipinski definition) is 3. The van der Waals surface area contributed by atoms with Gasteiger partial charge < -0.3 is 15.4 Å². The summed E-state index contributed by atoms with van der Waals surface area (Å²) in [5, 5.41) is 0. The minimum Gasteiger partial charge on any atom is -0.490 e. The standard InChI is InChI=1S/C17H20N2O/c18-14-6-8-16(9-7-14)20-17-10-12-19(13-11-17)15-4-2-1-3-5-15/h1-9,17H,10-13,18H2. The second kappa shape index (κ2) is 5.87. The van der Waals surface area contributed by atoms with Crippen LogP contribution in [0.2, 0.25) is 0 Å². The molecule has 1 fully saturated rings. The molecule has 0 bridgehead atoms. The number of nitrogens with two attached hydrogens (primary N) is 1. The fraction of sp³-hybridized carbons (Fsp3) is 0.294. The molecule has 1 heterocycles. The quantitative estimate of drug-likeness (QED) is 0.868. The van der Waals surface area contributed by atoms with Crippen molar-refractivity contribution >= 4 is 11.4 Å². The van der Waals surface area contributed by atoms with Gasteiger partial charge in [0.25, 0.3) is 0 Å². The van der Waals surface area contributed by atoms with E-state index in [2.05, 4.69) is 35.2 Å². The van der Waals surface area contributed by atoms with Crippen molar-refractivity contribution < 1.29 is 4.74 Å². The van der Waals surface area contributed by atoms with Crippen LogP contribution in [0.15, 0.2) is 54.6 Å². The first-order valence-electron chi connectivity index (χ1n) is 7.13. The molecule has 0 amide bonds. The van der Waals surface area contributed by atoms with Gasteiger partial charge in [0.15, 0.2) is 0 Å². The van der Waals surface area contributed by atoms with Gasteiger partial charge in [0.2, 0.25) is 0 Å². The summed E-state index contributed by atoms with van der Waals surface area (Å²) in [5.41, 5.74) is 7.76. The number of ether oxygens (including phenoxy) is 1. The third-order valence-corrected chi connectivity index (χ3v) is 3.75. The summed E-state index contributed by atoms with van der Waals surface area (Å²) in [6.45, 7) is 2.09. The monoisotopic (exact) mass is 268 g/mol. The van der Waals surface area contributed by atoms with Gasteiger partial charge in [0.05, 0.1) is 0 Å². The van der Waals surface area contributed by atoms with Gasteiger partial charge in [-0.15, -0.1) is 0 Å². The lowest BCUT2D eigenvalue weighted by Gasteiger charge is -2.33. The Kier molecular flexibility index (Phi) is 3.77. The van der Waals surface area contributed by atoms with Crippen LogP contribution in [0.25, 0.3) is 0 Å². The van der Waals surface area contributed by atoms with Crippen LogP contribution in [0.5, 0.6) is 5.75 Å². The minimum absolute atomic E-state index is 0.304. The third kappa shape index (κ3) is 3.05. The van der Waals surface area contributed by atoms with E-state index >= 15 is 0 Å². The van der Waals surface area contributed by atoms with Gasteiger partial charge in [0, 0.05) is 37.3 Å². The first-order valence-corrected chi connectivity index (χ1v) is 7.13. The van der Waals surface area contributed by atoms with Gasteiger partial charge in [-0.1, -0.05) is 18.2 Å². The number of piperidine rings is 1. The Labute approximate surface area is 120 Å². The summed E-state index contributed by atoms with van der Waals surface area (Å²) < 4.78 is 6.01. The van der Waals surface area contributed by atoms with E-state index in [-0.39, 0.29) is 0 Å². The average Bonchev–Trinajstić information content (AvgIpc) is 2.51. The highest BCUT2D eigenvalue weighted by Crippen LogP contribution is 2.23. The maximum atomic E-state index is 6.01. The van der Waals surface area contributed by atoms with E-state index in [1.807, 2.05) is 24.3 Å². The van der Waals surface area contributed by atoms with Crippen LogP contribution in [0.4, 0.5) is 11.4 Å². The highest BCUT2D eigenvalue weighted by Gasteiger charge is 2.20. The van der Waals surface area contributed by atoms with Gasteiger partial charge in [0.1, 0.15) is 11.9 Å². The van der Waals surface area contributed by atoms with Crippen LogP contribution in [0, 0.1) is 0 Å². The molecule has 0 aromatic heterocycles. The molecule has 1 saturated heterocycles. The SMILES string of the molecule is Nc1ccc(OC2CCN(c3ccccc3)CC2)cc1. The molecule has 0 spiro atoms. The Bertz CT molecular complexity index is 531.